The van der Waals surface area contributed by atoms with Gasteiger partial charge in [0.2, 0.25) is 0 Å². The van der Waals surface area contributed by atoms with Crippen molar-refractivity contribution in [2.24, 2.45) is 7.05 Å². The third-order valence-corrected chi connectivity index (χ3v) is 5.22. The Bertz CT molecular complexity index is 474. The van der Waals surface area contributed by atoms with Gasteiger partial charge in [-0.1, -0.05) is 0 Å². The van der Waals surface area contributed by atoms with Crippen molar-refractivity contribution >= 4 is 10.0 Å². The molecule has 2 rings (SSSR count). The van der Waals surface area contributed by atoms with Crippen LogP contribution < -0.4 is 5.32 Å². The molecule has 0 radical (unpaired) electrons. The van der Waals surface area contributed by atoms with Gasteiger partial charge in [0.25, 0.3) is 10.0 Å². The molecule has 1 aliphatic rings. The molecule has 1 N–H and O–H groups in total. The number of aromatic nitrogens is 2. The topological polar surface area (TPSA) is 67.2 Å². The molecule has 6 nitrogen and oxygen atoms in total. The average Bonchev–Trinajstić information content (AvgIpc) is 2.76. The van der Waals surface area contributed by atoms with Crippen LogP contribution in [0.15, 0.2) is 17.3 Å². The zero-order chi connectivity index (χ0) is 12.5. The highest BCUT2D eigenvalue weighted by Crippen LogP contribution is 2.19. The zero-order valence-electron chi connectivity index (χ0n) is 10.1. The van der Waals surface area contributed by atoms with Crippen molar-refractivity contribution in [3.05, 3.63) is 12.3 Å². The Hall–Kier alpha value is -0.920. The van der Waals surface area contributed by atoms with Crippen molar-refractivity contribution in [3.63, 3.8) is 0 Å². The summed E-state index contributed by atoms with van der Waals surface area (Å²) < 4.78 is 27.6. The quantitative estimate of drug-likeness (QED) is 0.815. The van der Waals surface area contributed by atoms with Crippen molar-refractivity contribution in [3.8, 4) is 0 Å². The molecule has 0 spiro atoms. The fourth-order valence-electron chi connectivity index (χ4n) is 2.13. The first-order chi connectivity index (χ1) is 8.05. The second kappa shape index (κ2) is 4.75. The third-order valence-electron chi connectivity index (χ3n) is 3.24. The summed E-state index contributed by atoms with van der Waals surface area (Å²) in [6.07, 6.45) is 3.22. The first-order valence-electron chi connectivity index (χ1n) is 5.71. The van der Waals surface area contributed by atoms with E-state index in [0.717, 1.165) is 12.8 Å². The van der Waals surface area contributed by atoms with Crippen molar-refractivity contribution in [1.82, 2.24) is 19.4 Å². The van der Waals surface area contributed by atoms with Crippen molar-refractivity contribution < 1.29 is 8.42 Å². The Kier molecular flexibility index (Phi) is 3.50. The van der Waals surface area contributed by atoms with E-state index in [4.69, 9.17) is 0 Å². The van der Waals surface area contributed by atoms with E-state index >= 15 is 0 Å². The summed E-state index contributed by atoms with van der Waals surface area (Å²) in [6, 6.07) is 1.97. The highest BCUT2D eigenvalue weighted by Gasteiger charge is 2.30. The Labute approximate surface area is 102 Å². The first kappa shape index (κ1) is 12.5. The van der Waals surface area contributed by atoms with E-state index < -0.39 is 10.0 Å². The fraction of sp³-hybridized carbons (Fsp3) is 0.700. The van der Waals surface area contributed by atoms with Crippen molar-refractivity contribution in [2.75, 3.05) is 20.1 Å². The predicted octanol–water partition coefficient (Wildman–Crippen LogP) is -0.207. The van der Waals surface area contributed by atoms with Gasteiger partial charge in [-0.25, -0.2) is 8.42 Å². The molecule has 0 aromatic carbocycles. The van der Waals surface area contributed by atoms with Gasteiger partial charge in [0.05, 0.1) is 6.20 Å². The monoisotopic (exact) mass is 258 g/mol. The second-order valence-corrected chi connectivity index (χ2v) is 6.14. The lowest BCUT2D eigenvalue weighted by Gasteiger charge is -2.30. The lowest BCUT2D eigenvalue weighted by atomic mass is 10.1. The Morgan fingerprint density at radius 2 is 2.06 bits per heavy atom. The SMILES string of the molecule is CNC1CCN(S(=O)(=O)c2ccnn2C)CC1. The molecule has 1 aliphatic heterocycles. The molecule has 96 valence electrons. The van der Waals surface area contributed by atoms with Gasteiger partial charge in [-0.3, -0.25) is 4.68 Å². The van der Waals surface area contributed by atoms with Crippen LogP contribution >= 0.6 is 0 Å². The second-order valence-electron chi connectivity index (χ2n) is 4.26. The van der Waals surface area contributed by atoms with Crippen molar-refractivity contribution in [1.29, 1.82) is 0 Å². The Balaban J connectivity index is 2.16. The maximum absolute atomic E-state index is 12.3. The molecule has 1 aromatic rings. The van der Waals surface area contributed by atoms with E-state index in [1.165, 1.54) is 15.2 Å². The normalized spacial score (nSPS) is 19.6. The maximum Gasteiger partial charge on any atom is 0.260 e. The number of hydrogen-bond acceptors (Lipinski definition) is 4. The van der Waals surface area contributed by atoms with Crippen LogP contribution in [0.4, 0.5) is 0 Å². The molecule has 0 saturated carbocycles. The summed E-state index contributed by atoms with van der Waals surface area (Å²) in [4.78, 5) is 0. The number of piperidine rings is 1. The fourth-order valence-corrected chi connectivity index (χ4v) is 3.70. The van der Waals surface area contributed by atoms with E-state index in [0.29, 0.717) is 19.1 Å². The van der Waals surface area contributed by atoms with Crippen LogP contribution in [0.1, 0.15) is 12.8 Å². The highest BCUT2D eigenvalue weighted by molar-refractivity contribution is 7.89. The Morgan fingerprint density at radius 3 is 2.53 bits per heavy atom. The molecule has 0 aliphatic carbocycles. The Morgan fingerprint density at radius 1 is 1.41 bits per heavy atom. The van der Waals surface area contributed by atoms with E-state index in [1.807, 2.05) is 7.05 Å². The number of nitrogens with one attached hydrogen (secondary N) is 1. The molecule has 7 heteroatoms. The summed E-state index contributed by atoms with van der Waals surface area (Å²) in [5, 5.41) is 7.35. The molecule has 1 fully saturated rings. The minimum absolute atomic E-state index is 0.264. The maximum atomic E-state index is 12.3. The van der Waals surface area contributed by atoms with E-state index in [2.05, 4.69) is 10.4 Å². The average molecular weight is 258 g/mol. The van der Waals surface area contributed by atoms with Crippen LogP contribution in [0, 0.1) is 0 Å². The minimum atomic E-state index is -3.38. The van der Waals surface area contributed by atoms with Crippen molar-refractivity contribution in [2.45, 2.75) is 23.9 Å². The standard InChI is InChI=1S/C10H18N4O2S/c1-11-9-4-7-14(8-5-9)17(15,16)10-3-6-12-13(10)2/h3,6,9,11H,4-5,7-8H2,1-2H3. The molecule has 2 heterocycles. The van der Waals surface area contributed by atoms with Crippen LogP contribution in [-0.4, -0.2) is 48.7 Å². The molecule has 0 unspecified atom stereocenters. The predicted molar refractivity (Wildman–Crippen MR) is 64.0 cm³/mol. The van der Waals surface area contributed by atoms with Gasteiger partial charge in [0.1, 0.15) is 0 Å². The molecule has 0 amide bonds. The summed E-state index contributed by atoms with van der Waals surface area (Å²) in [7, 11) is 0.184. The van der Waals surface area contributed by atoms with Crippen LogP contribution in [0.25, 0.3) is 0 Å². The number of aryl methyl sites for hydroxylation is 1. The van der Waals surface area contributed by atoms with Crippen LogP contribution in [0.2, 0.25) is 0 Å². The van der Waals surface area contributed by atoms with Crippen LogP contribution in [-0.2, 0) is 17.1 Å². The number of hydrogen-bond donors (Lipinski definition) is 1. The van der Waals surface area contributed by atoms with Gasteiger partial charge in [-0.05, 0) is 26.0 Å². The number of rotatable bonds is 3. The first-order valence-corrected chi connectivity index (χ1v) is 7.15. The van der Waals surface area contributed by atoms with Gasteiger partial charge >= 0.3 is 0 Å². The molecule has 1 aromatic heterocycles. The van der Waals surface area contributed by atoms with Gasteiger partial charge in [-0.15, -0.1) is 0 Å². The van der Waals surface area contributed by atoms with Gasteiger partial charge < -0.3 is 5.32 Å². The number of nitrogens with zero attached hydrogens (tertiary/aromatic N) is 3. The highest BCUT2D eigenvalue weighted by atomic mass is 32.2. The molecule has 0 atom stereocenters. The van der Waals surface area contributed by atoms with Gasteiger partial charge in [0.15, 0.2) is 5.03 Å². The molecule has 1 saturated heterocycles. The largest absolute Gasteiger partial charge is 0.317 e. The van der Waals surface area contributed by atoms with Crippen LogP contribution in [0.5, 0.6) is 0 Å². The van der Waals surface area contributed by atoms with E-state index in [9.17, 15) is 8.42 Å². The molecular formula is C10H18N4O2S. The zero-order valence-corrected chi connectivity index (χ0v) is 10.9. The van der Waals surface area contributed by atoms with Crippen LogP contribution in [0.3, 0.4) is 0 Å². The number of sulfonamides is 1. The molecular weight excluding hydrogens is 240 g/mol. The van der Waals surface area contributed by atoms with Gasteiger partial charge in [-0.2, -0.15) is 9.40 Å². The lowest BCUT2D eigenvalue weighted by Crippen LogP contribution is -2.44. The van der Waals surface area contributed by atoms with E-state index in [-0.39, 0.29) is 5.03 Å². The van der Waals surface area contributed by atoms with E-state index in [1.54, 1.807) is 13.1 Å². The smallest absolute Gasteiger partial charge is 0.260 e. The summed E-state index contributed by atoms with van der Waals surface area (Å²) in [5.41, 5.74) is 0. The lowest BCUT2D eigenvalue weighted by molar-refractivity contribution is 0.297. The summed E-state index contributed by atoms with van der Waals surface area (Å²) in [6.45, 7) is 1.14. The summed E-state index contributed by atoms with van der Waals surface area (Å²) >= 11 is 0. The minimum Gasteiger partial charge on any atom is -0.317 e. The van der Waals surface area contributed by atoms with Gasteiger partial charge in [0, 0.05) is 26.2 Å². The summed E-state index contributed by atoms with van der Waals surface area (Å²) in [5.74, 6) is 0. The molecule has 0 bridgehead atoms. The third kappa shape index (κ3) is 2.36. The molecule has 17 heavy (non-hydrogen) atoms.